The second-order valence-corrected chi connectivity index (χ2v) is 11.0. The molecule has 13 heteroatoms. The van der Waals surface area contributed by atoms with Crippen molar-refractivity contribution in [2.24, 2.45) is 17.8 Å². The average molecular weight is 610 g/mol. The van der Waals surface area contributed by atoms with Gasteiger partial charge in [-0.2, -0.15) is 0 Å². The summed E-state index contributed by atoms with van der Waals surface area (Å²) in [4.78, 5) is 66.4. The first-order valence-electron chi connectivity index (χ1n) is 13.4. The van der Waals surface area contributed by atoms with Gasteiger partial charge in [0.2, 0.25) is 11.8 Å². The standard InChI is InChI=1S/C31H22F3NO9/c1-12-8-23(38)26-20(27(12)39)11-18-15(24(26)19-10-14(3-7-21(19)36)44-31(32,33)34)5-6-17-25(18)29(41)35(28(17)40)13-2-4-16(30(42)43)22(37)9-13/h2-5,7-10,17-18,24-25,36-37H,6,11H2,1H3,(H,42,43)/t17-,18+,24+,25-/m0/s1. The number of carboxylic acid groups (broad SMARTS) is 1. The molecule has 44 heavy (non-hydrogen) atoms. The fourth-order valence-electron chi connectivity index (χ4n) is 6.79. The van der Waals surface area contributed by atoms with Crippen LogP contribution in [0.1, 0.15) is 41.6 Å². The number of allylic oxidation sites excluding steroid dienone is 6. The van der Waals surface area contributed by atoms with Crippen molar-refractivity contribution in [1.29, 1.82) is 0 Å². The number of imide groups is 1. The third-order valence-corrected chi connectivity index (χ3v) is 8.58. The van der Waals surface area contributed by atoms with Gasteiger partial charge in [0.25, 0.3) is 0 Å². The van der Waals surface area contributed by atoms with E-state index in [1.54, 1.807) is 6.08 Å². The molecule has 0 bridgehead atoms. The minimum Gasteiger partial charge on any atom is -0.508 e. The summed E-state index contributed by atoms with van der Waals surface area (Å²) in [6.45, 7) is 1.43. The lowest BCUT2D eigenvalue weighted by Crippen LogP contribution is -2.39. The number of hydrogen-bond acceptors (Lipinski definition) is 8. The van der Waals surface area contributed by atoms with Gasteiger partial charge in [0, 0.05) is 34.3 Å². The molecule has 6 rings (SSSR count). The second kappa shape index (κ2) is 9.93. The van der Waals surface area contributed by atoms with E-state index in [0.717, 1.165) is 41.3 Å². The molecule has 1 saturated heterocycles. The number of fused-ring (bicyclic) bond motifs is 3. The van der Waals surface area contributed by atoms with Crippen LogP contribution >= 0.6 is 0 Å². The number of hydrogen-bond donors (Lipinski definition) is 3. The fourth-order valence-corrected chi connectivity index (χ4v) is 6.79. The fraction of sp³-hybridized carbons (Fsp3) is 0.258. The molecule has 2 amide bonds. The maximum Gasteiger partial charge on any atom is 0.573 e. The van der Waals surface area contributed by atoms with Crippen molar-refractivity contribution in [3.05, 3.63) is 82.0 Å². The molecule has 0 spiro atoms. The Kier molecular flexibility index (Phi) is 6.52. The summed E-state index contributed by atoms with van der Waals surface area (Å²) in [6, 6.07) is 6.03. The first-order valence-corrected chi connectivity index (χ1v) is 13.4. The lowest BCUT2D eigenvalue weighted by Gasteiger charge is -2.42. The van der Waals surface area contributed by atoms with Crippen LogP contribution in [0.15, 0.2) is 70.8 Å². The third-order valence-electron chi connectivity index (χ3n) is 8.58. The Morgan fingerprint density at radius 3 is 2.36 bits per heavy atom. The van der Waals surface area contributed by atoms with Gasteiger partial charge in [-0.25, -0.2) is 9.69 Å². The van der Waals surface area contributed by atoms with Crippen LogP contribution in [0.25, 0.3) is 0 Å². The maximum atomic E-state index is 13.9. The first kappa shape index (κ1) is 28.9. The van der Waals surface area contributed by atoms with Crippen molar-refractivity contribution in [2.75, 3.05) is 4.90 Å². The third kappa shape index (κ3) is 4.46. The van der Waals surface area contributed by atoms with E-state index in [1.165, 1.54) is 13.0 Å². The summed E-state index contributed by atoms with van der Waals surface area (Å²) in [5.41, 5.74) is -0.158. The molecule has 4 atom stereocenters. The highest BCUT2D eigenvalue weighted by Crippen LogP contribution is 2.56. The van der Waals surface area contributed by atoms with Crippen LogP contribution < -0.4 is 9.64 Å². The number of carbonyl (C=O) groups is 5. The van der Waals surface area contributed by atoms with Gasteiger partial charge in [-0.15, -0.1) is 13.2 Å². The largest absolute Gasteiger partial charge is 0.573 e. The quantitative estimate of drug-likeness (QED) is 0.261. The summed E-state index contributed by atoms with van der Waals surface area (Å²) in [5, 5.41) is 30.3. The molecule has 2 aromatic rings. The topological polar surface area (TPSA) is 159 Å². The molecule has 2 aromatic carbocycles. The molecular formula is C31H22F3NO9. The number of amides is 2. The minimum atomic E-state index is -5.06. The van der Waals surface area contributed by atoms with Crippen LogP contribution in [0.3, 0.4) is 0 Å². The van der Waals surface area contributed by atoms with Crippen LogP contribution in [-0.4, -0.2) is 51.0 Å². The number of phenols is 2. The predicted octanol–water partition coefficient (Wildman–Crippen LogP) is 4.33. The number of phenolic OH excluding ortho intramolecular Hbond substituents is 1. The highest BCUT2D eigenvalue weighted by molar-refractivity contribution is 6.25. The van der Waals surface area contributed by atoms with E-state index >= 15 is 0 Å². The second-order valence-electron chi connectivity index (χ2n) is 11.0. The number of ketones is 2. The van der Waals surface area contributed by atoms with E-state index in [4.69, 9.17) is 0 Å². The Morgan fingerprint density at radius 2 is 1.70 bits per heavy atom. The minimum absolute atomic E-state index is 0.00755. The van der Waals surface area contributed by atoms with Gasteiger partial charge < -0.3 is 20.1 Å². The number of anilines is 1. The van der Waals surface area contributed by atoms with Crippen molar-refractivity contribution < 1.29 is 57.2 Å². The van der Waals surface area contributed by atoms with Crippen LogP contribution in [0.5, 0.6) is 17.2 Å². The summed E-state index contributed by atoms with van der Waals surface area (Å²) in [6.07, 6.45) is -2.46. The number of rotatable bonds is 4. The Labute approximate surface area is 246 Å². The number of nitrogens with zero attached hydrogens (tertiary/aromatic N) is 1. The van der Waals surface area contributed by atoms with Crippen molar-refractivity contribution >= 4 is 35.0 Å². The molecule has 3 aliphatic carbocycles. The van der Waals surface area contributed by atoms with E-state index in [0.29, 0.717) is 5.57 Å². The molecule has 4 aliphatic rings. The van der Waals surface area contributed by atoms with E-state index in [-0.39, 0.29) is 40.8 Å². The van der Waals surface area contributed by atoms with Crippen LogP contribution in [-0.2, 0) is 19.2 Å². The molecule has 0 saturated carbocycles. The summed E-state index contributed by atoms with van der Waals surface area (Å²) in [7, 11) is 0. The Morgan fingerprint density at radius 1 is 0.977 bits per heavy atom. The van der Waals surface area contributed by atoms with E-state index in [2.05, 4.69) is 4.74 Å². The summed E-state index contributed by atoms with van der Waals surface area (Å²) >= 11 is 0. The zero-order chi connectivity index (χ0) is 31.8. The highest BCUT2D eigenvalue weighted by Gasteiger charge is 2.57. The van der Waals surface area contributed by atoms with Crippen LogP contribution in [0.2, 0.25) is 0 Å². The number of carboxylic acids is 1. The Balaban J connectivity index is 1.47. The number of ether oxygens (including phenoxy) is 1. The SMILES string of the molecule is CC1=CC(=O)C2=C(C[C@@H]3C(=CC[C@@H]4C(=O)N(c5ccc(C(=O)O)c(O)c5)C(=O)[C@@H]43)[C@@H]2c2cc(OC(F)(F)F)ccc2O)C1=O. The maximum absolute atomic E-state index is 13.9. The predicted molar refractivity (Wildman–Crippen MR) is 144 cm³/mol. The molecule has 226 valence electrons. The zero-order valence-electron chi connectivity index (χ0n) is 22.7. The molecular weight excluding hydrogens is 587 g/mol. The molecule has 10 nitrogen and oxygen atoms in total. The zero-order valence-corrected chi connectivity index (χ0v) is 22.7. The smallest absolute Gasteiger partial charge is 0.508 e. The average Bonchev–Trinajstić information content (AvgIpc) is 3.20. The lowest BCUT2D eigenvalue weighted by atomic mass is 9.59. The van der Waals surface area contributed by atoms with E-state index < -0.39 is 82.2 Å². The molecule has 0 radical (unpaired) electrons. The van der Waals surface area contributed by atoms with Gasteiger partial charge >= 0.3 is 12.3 Å². The van der Waals surface area contributed by atoms with Crippen molar-refractivity contribution in [2.45, 2.75) is 32.0 Å². The van der Waals surface area contributed by atoms with Gasteiger partial charge in [0.15, 0.2) is 11.6 Å². The van der Waals surface area contributed by atoms with Gasteiger partial charge in [0.05, 0.1) is 17.5 Å². The number of halogens is 3. The normalized spacial score (nSPS) is 24.9. The van der Waals surface area contributed by atoms with Gasteiger partial charge in [0.1, 0.15) is 22.8 Å². The summed E-state index contributed by atoms with van der Waals surface area (Å²) in [5.74, 6) is -9.70. The molecule has 0 unspecified atom stereocenters. The Hall–Kier alpha value is -5.20. The number of aromatic carboxylic acids is 1. The number of Topliss-reactive ketones (excluding diaryl/α,β-unsaturated/α-hetero) is 1. The van der Waals surface area contributed by atoms with Gasteiger partial charge in [-0.05, 0) is 62.1 Å². The Bertz CT molecular complexity index is 1800. The number of carbonyl (C=O) groups excluding carboxylic acids is 4. The highest BCUT2D eigenvalue weighted by atomic mass is 19.4. The van der Waals surface area contributed by atoms with Crippen LogP contribution in [0, 0.1) is 17.8 Å². The molecule has 1 heterocycles. The van der Waals surface area contributed by atoms with Crippen molar-refractivity contribution in [3.63, 3.8) is 0 Å². The monoisotopic (exact) mass is 609 g/mol. The molecule has 1 fully saturated rings. The first-order chi connectivity index (χ1) is 20.7. The van der Waals surface area contributed by atoms with Gasteiger partial charge in [-0.3, -0.25) is 19.2 Å². The molecule has 1 aliphatic heterocycles. The van der Waals surface area contributed by atoms with Crippen LogP contribution in [0.4, 0.5) is 18.9 Å². The van der Waals surface area contributed by atoms with Crippen molar-refractivity contribution in [1.82, 2.24) is 0 Å². The number of aromatic hydroxyl groups is 2. The molecule has 3 N–H and O–H groups in total. The van der Waals surface area contributed by atoms with E-state index in [1.807, 2.05) is 0 Å². The van der Waals surface area contributed by atoms with E-state index in [9.17, 15) is 52.5 Å². The molecule has 0 aromatic heterocycles. The lowest BCUT2D eigenvalue weighted by molar-refractivity contribution is -0.274. The number of benzene rings is 2. The number of alkyl halides is 3. The summed E-state index contributed by atoms with van der Waals surface area (Å²) < 4.78 is 43.3. The van der Waals surface area contributed by atoms with Gasteiger partial charge in [-0.1, -0.05) is 11.6 Å². The van der Waals surface area contributed by atoms with Crippen molar-refractivity contribution in [3.8, 4) is 17.2 Å².